The first-order valence-corrected chi connectivity index (χ1v) is 6.10. The van der Waals surface area contributed by atoms with Gasteiger partial charge in [0.05, 0.1) is 18.5 Å². The quantitative estimate of drug-likeness (QED) is 0.810. The average molecular weight is 260 g/mol. The molecule has 0 aliphatic carbocycles. The number of hydrogen-bond donors (Lipinski definition) is 1. The van der Waals surface area contributed by atoms with Crippen molar-refractivity contribution < 1.29 is 14.6 Å². The van der Waals surface area contributed by atoms with Gasteiger partial charge < -0.3 is 14.4 Å². The molecule has 5 nitrogen and oxygen atoms in total. The highest BCUT2D eigenvalue weighted by Gasteiger charge is 2.10. The molecule has 100 valence electrons. The van der Waals surface area contributed by atoms with Crippen molar-refractivity contribution in [2.24, 2.45) is 0 Å². The number of rotatable bonds is 6. The minimum atomic E-state index is -0.929. The van der Waals surface area contributed by atoms with E-state index in [0.29, 0.717) is 17.9 Å². The number of aromatic nitrogens is 2. The van der Waals surface area contributed by atoms with Gasteiger partial charge in [0.1, 0.15) is 5.75 Å². The molecule has 0 unspecified atom stereocenters. The molecule has 0 amide bonds. The zero-order valence-corrected chi connectivity index (χ0v) is 10.7. The van der Waals surface area contributed by atoms with Crippen molar-refractivity contribution >= 4 is 5.97 Å². The summed E-state index contributed by atoms with van der Waals surface area (Å²) in [6.45, 7) is 3.13. The number of carboxylic acid groups (broad SMARTS) is 1. The van der Waals surface area contributed by atoms with Gasteiger partial charge in [0.25, 0.3) is 0 Å². The summed E-state index contributed by atoms with van der Waals surface area (Å²) in [4.78, 5) is 15.0. The maximum absolute atomic E-state index is 11.0. The Morgan fingerprint density at radius 2 is 2.32 bits per heavy atom. The first kappa shape index (κ1) is 13.1. The van der Waals surface area contributed by atoms with E-state index in [-0.39, 0.29) is 5.56 Å². The molecule has 2 aromatic rings. The summed E-state index contributed by atoms with van der Waals surface area (Å²) >= 11 is 0. The Balaban J connectivity index is 1.89. The molecule has 1 aromatic heterocycles. The van der Waals surface area contributed by atoms with Gasteiger partial charge in [0.2, 0.25) is 0 Å². The number of nitrogens with zero attached hydrogens (tertiary/aromatic N) is 2. The normalized spacial score (nSPS) is 10.4. The number of hydrogen-bond acceptors (Lipinski definition) is 3. The fourth-order valence-corrected chi connectivity index (χ4v) is 1.85. The van der Waals surface area contributed by atoms with E-state index in [0.717, 1.165) is 13.0 Å². The third-order valence-corrected chi connectivity index (χ3v) is 2.89. The molecular formula is C14H16N2O3. The lowest BCUT2D eigenvalue weighted by Crippen LogP contribution is -2.06. The van der Waals surface area contributed by atoms with E-state index in [1.165, 1.54) is 0 Å². The summed E-state index contributed by atoms with van der Waals surface area (Å²) in [6, 6.07) is 5.07. The third-order valence-electron chi connectivity index (χ3n) is 2.89. The topological polar surface area (TPSA) is 64.4 Å². The molecule has 0 atom stereocenters. The molecule has 0 spiro atoms. The minimum Gasteiger partial charge on any atom is -0.493 e. The van der Waals surface area contributed by atoms with E-state index in [4.69, 9.17) is 9.84 Å². The Morgan fingerprint density at radius 1 is 1.47 bits per heavy atom. The number of ether oxygens (including phenoxy) is 1. The Hall–Kier alpha value is -2.30. The molecule has 19 heavy (non-hydrogen) atoms. The molecule has 0 saturated carbocycles. The summed E-state index contributed by atoms with van der Waals surface area (Å²) in [6.07, 6.45) is 6.24. The molecule has 0 aliphatic heterocycles. The van der Waals surface area contributed by atoms with Crippen LogP contribution < -0.4 is 4.74 Å². The van der Waals surface area contributed by atoms with Crippen molar-refractivity contribution in [3.8, 4) is 5.75 Å². The Kier molecular flexibility index (Phi) is 4.18. The summed E-state index contributed by atoms with van der Waals surface area (Å²) in [5, 5.41) is 9.02. The van der Waals surface area contributed by atoms with Crippen LogP contribution in [0.15, 0.2) is 36.9 Å². The Bertz CT molecular complexity index is 550. The van der Waals surface area contributed by atoms with Gasteiger partial charge in [-0.1, -0.05) is 6.07 Å². The van der Waals surface area contributed by atoms with E-state index in [1.54, 1.807) is 37.6 Å². The smallest absolute Gasteiger partial charge is 0.336 e. The van der Waals surface area contributed by atoms with Gasteiger partial charge in [-0.15, -0.1) is 0 Å². The van der Waals surface area contributed by atoms with Crippen LogP contribution in [0.4, 0.5) is 0 Å². The first-order chi connectivity index (χ1) is 9.18. The molecule has 0 radical (unpaired) electrons. The number of benzene rings is 1. The highest BCUT2D eigenvalue weighted by atomic mass is 16.5. The average Bonchev–Trinajstić information content (AvgIpc) is 2.89. The molecule has 1 aromatic carbocycles. The largest absolute Gasteiger partial charge is 0.493 e. The van der Waals surface area contributed by atoms with Gasteiger partial charge in [-0.25, -0.2) is 9.78 Å². The standard InChI is InChI=1S/C14H16N2O3/c1-11-12(14(17)18)4-2-5-13(11)19-9-3-7-16-8-6-15-10-16/h2,4-6,8,10H,3,7,9H2,1H3,(H,17,18). The molecule has 1 N–H and O–H groups in total. The summed E-state index contributed by atoms with van der Waals surface area (Å²) in [5.41, 5.74) is 0.949. The third kappa shape index (κ3) is 3.34. The lowest BCUT2D eigenvalue weighted by molar-refractivity contribution is 0.0695. The van der Waals surface area contributed by atoms with E-state index < -0.39 is 5.97 Å². The highest BCUT2D eigenvalue weighted by Crippen LogP contribution is 2.21. The zero-order valence-electron chi connectivity index (χ0n) is 10.7. The molecule has 0 fully saturated rings. The molecule has 0 bridgehead atoms. The molecule has 0 saturated heterocycles. The second-order valence-electron chi connectivity index (χ2n) is 4.24. The van der Waals surface area contributed by atoms with Gasteiger partial charge in [0, 0.05) is 24.5 Å². The van der Waals surface area contributed by atoms with Crippen LogP contribution in [0, 0.1) is 6.92 Å². The number of imidazole rings is 1. The monoisotopic (exact) mass is 260 g/mol. The zero-order chi connectivity index (χ0) is 13.7. The van der Waals surface area contributed by atoms with Crippen LogP contribution in [0.25, 0.3) is 0 Å². The fraction of sp³-hybridized carbons (Fsp3) is 0.286. The summed E-state index contributed by atoms with van der Waals surface area (Å²) in [5.74, 6) is -0.299. The van der Waals surface area contributed by atoms with Crippen molar-refractivity contribution in [1.29, 1.82) is 0 Å². The number of aromatic carboxylic acids is 1. The number of carboxylic acids is 1. The SMILES string of the molecule is Cc1c(OCCCn2ccnc2)cccc1C(=O)O. The molecule has 0 aliphatic rings. The maximum Gasteiger partial charge on any atom is 0.336 e. The van der Waals surface area contributed by atoms with E-state index >= 15 is 0 Å². The van der Waals surface area contributed by atoms with Gasteiger partial charge in [-0.05, 0) is 25.5 Å². The van der Waals surface area contributed by atoms with Crippen LogP contribution in [-0.4, -0.2) is 27.2 Å². The van der Waals surface area contributed by atoms with Gasteiger partial charge in [0.15, 0.2) is 0 Å². The highest BCUT2D eigenvalue weighted by molar-refractivity contribution is 5.90. The molecule has 2 rings (SSSR count). The van der Waals surface area contributed by atoms with Crippen LogP contribution in [0.3, 0.4) is 0 Å². The van der Waals surface area contributed by atoms with Gasteiger partial charge in [-0.3, -0.25) is 0 Å². The van der Waals surface area contributed by atoms with E-state index in [2.05, 4.69) is 4.98 Å². The summed E-state index contributed by atoms with van der Waals surface area (Å²) < 4.78 is 7.60. The second-order valence-corrected chi connectivity index (χ2v) is 4.24. The van der Waals surface area contributed by atoms with Crippen LogP contribution >= 0.6 is 0 Å². The van der Waals surface area contributed by atoms with Crippen molar-refractivity contribution in [1.82, 2.24) is 9.55 Å². The molecule has 1 heterocycles. The van der Waals surface area contributed by atoms with Crippen LogP contribution in [0.5, 0.6) is 5.75 Å². The number of aryl methyl sites for hydroxylation is 1. The minimum absolute atomic E-state index is 0.284. The van der Waals surface area contributed by atoms with Crippen LogP contribution in [0.2, 0.25) is 0 Å². The summed E-state index contributed by atoms with van der Waals surface area (Å²) in [7, 11) is 0. The predicted octanol–water partition coefficient (Wildman–Crippen LogP) is 2.36. The lowest BCUT2D eigenvalue weighted by atomic mass is 10.1. The second kappa shape index (κ2) is 6.04. The lowest BCUT2D eigenvalue weighted by Gasteiger charge is -2.11. The fourth-order valence-electron chi connectivity index (χ4n) is 1.85. The van der Waals surface area contributed by atoms with Crippen molar-refractivity contribution in [2.75, 3.05) is 6.61 Å². The van der Waals surface area contributed by atoms with Gasteiger partial charge >= 0.3 is 5.97 Å². The van der Waals surface area contributed by atoms with E-state index in [1.807, 2.05) is 10.8 Å². The Morgan fingerprint density at radius 3 is 3.00 bits per heavy atom. The van der Waals surface area contributed by atoms with Crippen molar-refractivity contribution in [3.63, 3.8) is 0 Å². The van der Waals surface area contributed by atoms with Crippen molar-refractivity contribution in [2.45, 2.75) is 19.9 Å². The van der Waals surface area contributed by atoms with Crippen LogP contribution in [0.1, 0.15) is 22.3 Å². The molecule has 5 heteroatoms. The Labute approximate surface area is 111 Å². The predicted molar refractivity (Wildman–Crippen MR) is 70.5 cm³/mol. The van der Waals surface area contributed by atoms with Gasteiger partial charge in [-0.2, -0.15) is 0 Å². The van der Waals surface area contributed by atoms with E-state index in [9.17, 15) is 4.79 Å². The molecular weight excluding hydrogens is 244 g/mol. The van der Waals surface area contributed by atoms with Crippen molar-refractivity contribution in [3.05, 3.63) is 48.0 Å². The maximum atomic E-state index is 11.0. The first-order valence-electron chi connectivity index (χ1n) is 6.10. The van der Waals surface area contributed by atoms with Crippen LogP contribution in [-0.2, 0) is 6.54 Å². The number of carbonyl (C=O) groups is 1.